The summed E-state index contributed by atoms with van der Waals surface area (Å²) in [6.07, 6.45) is 0. The van der Waals surface area contributed by atoms with Gasteiger partial charge in [-0.1, -0.05) is 83.9 Å². The third-order valence-corrected chi connectivity index (χ3v) is 5.49. The molecule has 0 fully saturated rings. The van der Waals surface area contributed by atoms with Gasteiger partial charge in [0.05, 0.1) is 0 Å². The molecule has 0 amide bonds. The van der Waals surface area contributed by atoms with Gasteiger partial charge in [-0.15, -0.1) is 82.8 Å². The topological polar surface area (TPSA) is 0 Å². The molecule has 0 spiro atoms. The quantitative estimate of drug-likeness (QED) is 0.136. The number of rotatable bonds is 2. The Hall–Kier alpha value is -2.22. The summed E-state index contributed by atoms with van der Waals surface area (Å²) < 4.78 is 0. The number of benzene rings is 4. The van der Waals surface area contributed by atoms with Gasteiger partial charge in [0, 0.05) is 0 Å². The van der Waals surface area contributed by atoms with E-state index in [1.807, 2.05) is 12.1 Å². The van der Waals surface area contributed by atoms with E-state index < -0.39 is 0 Å². The Kier molecular flexibility index (Phi) is 16.2. The van der Waals surface area contributed by atoms with Crippen LogP contribution in [0.15, 0.2) is 133 Å². The molecule has 6 aromatic rings. The van der Waals surface area contributed by atoms with Crippen LogP contribution >= 0.6 is 24.8 Å². The Morgan fingerprint density at radius 3 is 1.17 bits per heavy atom. The van der Waals surface area contributed by atoms with Crippen LogP contribution in [0.4, 0.5) is 0 Å². The molecule has 0 nitrogen and oxygen atoms in total. The number of fused-ring (bicyclic) bond motifs is 2. The summed E-state index contributed by atoms with van der Waals surface area (Å²) in [5, 5.41) is 5.26. The first kappa shape index (κ1) is 33.8. The molecule has 6 rings (SSSR count). The average Bonchev–Trinajstić information content (AvgIpc) is 3.55. The van der Waals surface area contributed by atoms with Gasteiger partial charge in [0.25, 0.3) is 0 Å². The molecule has 0 aliphatic rings. The number of hydrogen-bond donors (Lipinski definition) is 0. The second kappa shape index (κ2) is 17.3. The predicted molar refractivity (Wildman–Crippen MR) is 163 cm³/mol. The minimum absolute atomic E-state index is 0. The predicted octanol–water partition coefficient (Wildman–Crippen LogP) is 9.81. The molecule has 0 unspecified atom stereocenters. The fourth-order valence-corrected chi connectivity index (χ4v) is 3.87. The molecule has 0 aliphatic carbocycles. The van der Waals surface area contributed by atoms with Gasteiger partial charge >= 0.3 is 30.2 Å². The molecule has 0 saturated carbocycles. The molecule has 184 valence electrons. The van der Waals surface area contributed by atoms with Crippen molar-refractivity contribution in [3.05, 3.63) is 148 Å². The largest absolute Gasteiger partial charge is 0.168 e. The van der Waals surface area contributed by atoms with Crippen LogP contribution in [0.5, 0.6) is 0 Å². The molecule has 0 saturated heterocycles. The van der Waals surface area contributed by atoms with Gasteiger partial charge < -0.3 is 14.9 Å². The smallest absolute Gasteiger partial charge is 0.0277 e. The van der Waals surface area contributed by atoms with Gasteiger partial charge in [0.1, 0.15) is 0 Å². The Morgan fingerprint density at radius 1 is 0.444 bits per heavy atom. The van der Waals surface area contributed by atoms with Gasteiger partial charge in [-0.05, 0) is 11.1 Å². The molecule has 6 aromatic carbocycles. The van der Waals surface area contributed by atoms with Crippen molar-refractivity contribution in [3.63, 3.8) is 0 Å². The summed E-state index contributed by atoms with van der Waals surface area (Å²) in [6, 6.07) is 46.9. The van der Waals surface area contributed by atoms with Crippen molar-refractivity contribution in [3.8, 4) is 22.3 Å². The van der Waals surface area contributed by atoms with E-state index in [0.29, 0.717) is 0 Å². The minimum atomic E-state index is 0. The zero-order chi connectivity index (χ0) is 22.2. The Balaban J connectivity index is 0.000000577. The van der Waals surface area contributed by atoms with Gasteiger partial charge in [-0.25, -0.2) is 0 Å². The van der Waals surface area contributed by atoms with Crippen molar-refractivity contribution < 1.29 is 23.3 Å². The molecule has 36 heavy (non-hydrogen) atoms. The van der Waals surface area contributed by atoms with Gasteiger partial charge in [0.15, 0.2) is 0 Å². The van der Waals surface area contributed by atoms with Crippen molar-refractivity contribution in [1.29, 1.82) is 0 Å². The van der Waals surface area contributed by atoms with Crippen LogP contribution in [-0.2, 0) is 23.3 Å². The molecule has 4 heteroatoms. The Bertz CT molecular complexity index is 1300. The van der Waals surface area contributed by atoms with E-state index in [0.717, 1.165) is 0 Å². The molecule has 0 atom stereocenters. The van der Waals surface area contributed by atoms with E-state index in [1.165, 1.54) is 67.1 Å². The van der Waals surface area contributed by atoms with Gasteiger partial charge in [0.2, 0.25) is 0 Å². The second-order valence-corrected chi connectivity index (χ2v) is 7.47. The van der Waals surface area contributed by atoms with Gasteiger partial charge in [-0.3, -0.25) is 0 Å². The van der Waals surface area contributed by atoms with Crippen LogP contribution in [0.2, 0.25) is 0 Å². The third-order valence-electron chi connectivity index (χ3n) is 5.49. The van der Waals surface area contributed by atoms with Crippen molar-refractivity contribution in [2.24, 2.45) is 0 Å². The molecule has 2 radical (unpaired) electrons. The molecule has 0 N–H and O–H groups in total. The van der Waals surface area contributed by atoms with E-state index in [9.17, 15) is 0 Å². The van der Waals surface area contributed by atoms with Crippen LogP contribution in [0.25, 0.3) is 43.8 Å². The van der Waals surface area contributed by atoms with Crippen LogP contribution in [0.1, 0.15) is 0 Å². The van der Waals surface area contributed by atoms with Crippen LogP contribution in [0, 0.1) is 14.9 Å². The average molecular weight is 605 g/mol. The van der Waals surface area contributed by atoms with Crippen molar-refractivity contribution >= 4 is 53.2 Å². The zero-order valence-electron chi connectivity index (χ0n) is 20.5. The van der Waals surface area contributed by atoms with E-state index in [4.69, 9.17) is 0 Å². The minimum Gasteiger partial charge on any atom is -0.168 e. The normalized spacial score (nSPS) is 8.97. The summed E-state index contributed by atoms with van der Waals surface area (Å²) >= 11 is 1.36. The van der Waals surface area contributed by atoms with E-state index >= 15 is 0 Å². The summed E-state index contributed by atoms with van der Waals surface area (Å²) in [5.74, 6) is 0. The standard InChI is InChI=1S/2C15H11.2CH3.2ClH.Si.Zr/c2*1-2-5-12(6-3-1)15-10-9-13-7-4-8-14(13)11-15;;;;;;/h2*1-11H;2*1H3;2*1H;;/q4*-1;;;;. The monoisotopic (exact) mass is 602 g/mol. The fourth-order valence-electron chi connectivity index (χ4n) is 3.87. The molecule has 0 aromatic heterocycles. The SMILES string of the molecule is Cl.Cl.[CH3-].[CH3-].[Si]=[Zr].c1ccc(-c2ccc3cc[cH-]c3c2)cc1.c1ccc(-c2ccc3cc[cH-]c3c2)cc1. The maximum Gasteiger partial charge on any atom is -0.0277 e. The van der Waals surface area contributed by atoms with E-state index in [-0.39, 0.29) is 39.7 Å². The van der Waals surface area contributed by atoms with Gasteiger partial charge in [-0.2, -0.15) is 24.3 Å². The molecular weight excluding hydrogens is 575 g/mol. The third kappa shape index (κ3) is 8.43. The molecule has 0 bridgehead atoms. The summed E-state index contributed by atoms with van der Waals surface area (Å²) in [6.45, 7) is 3.06. The van der Waals surface area contributed by atoms with Crippen molar-refractivity contribution in [1.82, 2.24) is 0 Å². The molecule has 0 heterocycles. The first-order valence-electron chi connectivity index (χ1n) is 10.5. The first-order valence-corrected chi connectivity index (χ1v) is 14.7. The van der Waals surface area contributed by atoms with Crippen LogP contribution in [-0.4, -0.2) is 6.88 Å². The van der Waals surface area contributed by atoms with E-state index in [2.05, 4.69) is 128 Å². The zero-order valence-corrected chi connectivity index (χ0v) is 25.6. The number of hydrogen-bond acceptors (Lipinski definition) is 0. The van der Waals surface area contributed by atoms with Crippen LogP contribution < -0.4 is 0 Å². The maximum atomic E-state index is 3.06. The molecular formula is C32H30Cl2SiZr-4. The Morgan fingerprint density at radius 2 is 0.806 bits per heavy atom. The van der Waals surface area contributed by atoms with Crippen molar-refractivity contribution in [2.75, 3.05) is 0 Å². The summed E-state index contributed by atoms with van der Waals surface area (Å²) in [4.78, 5) is 0. The summed E-state index contributed by atoms with van der Waals surface area (Å²) in [5.41, 5.74) is 5.13. The maximum absolute atomic E-state index is 3.06. The second-order valence-electron chi connectivity index (χ2n) is 7.47. The fraction of sp³-hybridized carbons (Fsp3) is 0. The molecule has 0 aliphatic heterocycles. The Labute approximate surface area is 245 Å². The number of halogens is 2. The van der Waals surface area contributed by atoms with Crippen LogP contribution in [0.3, 0.4) is 0 Å². The van der Waals surface area contributed by atoms with E-state index in [1.54, 1.807) is 0 Å². The first-order chi connectivity index (χ1) is 15.9. The summed E-state index contributed by atoms with van der Waals surface area (Å²) in [7, 11) is 0. The van der Waals surface area contributed by atoms with Crippen molar-refractivity contribution in [2.45, 2.75) is 0 Å².